The van der Waals surface area contributed by atoms with Gasteiger partial charge in [0.1, 0.15) is 0 Å². The van der Waals surface area contributed by atoms with Crippen LogP contribution >= 0.6 is 11.3 Å². The third-order valence-electron chi connectivity index (χ3n) is 11.8. The highest BCUT2D eigenvalue weighted by molar-refractivity contribution is 7.20. The van der Waals surface area contributed by atoms with Gasteiger partial charge in [0.15, 0.2) is 17.5 Å². The van der Waals surface area contributed by atoms with E-state index in [1.807, 2.05) is 11.3 Å². The summed E-state index contributed by atoms with van der Waals surface area (Å²) in [6, 6.07) is 66.9. The third-order valence-corrected chi connectivity index (χ3v) is 13.0. The van der Waals surface area contributed by atoms with E-state index in [2.05, 4.69) is 207 Å². The zero-order valence-corrected chi connectivity index (χ0v) is 33.9. The lowest BCUT2D eigenvalue weighted by Gasteiger charge is -2.15. The van der Waals surface area contributed by atoms with E-state index in [1.54, 1.807) is 0 Å². The SMILES string of the molecule is CC1CC=Cc2sc3c(-c4nc(-c5ccc(-c6ccc(-c7ccccc7)cc6)cc5)nc(-c5ccc(-c6cccc(-c7ccccc7)c6)c6ccccc56)n4)cccc3c21. The van der Waals surface area contributed by atoms with Gasteiger partial charge in [-0.15, -0.1) is 11.3 Å². The number of aromatic nitrogens is 3. The Morgan fingerprint density at radius 1 is 0.400 bits per heavy atom. The Hall–Kier alpha value is -7.27. The van der Waals surface area contributed by atoms with Crippen molar-refractivity contribution in [3.63, 3.8) is 0 Å². The zero-order chi connectivity index (χ0) is 40.0. The molecule has 0 radical (unpaired) electrons. The predicted molar refractivity (Wildman–Crippen MR) is 253 cm³/mol. The van der Waals surface area contributed by atoms with Gasteiger partial charge in [-0.2, -0.15) is 0 Å². The van der Waals surface area contributed by atoms with Gasteiger partial charge in [0.05, 0.1) is 0 Å². The lowest BCUT2D eigenvalue weighted by molar-refractivity contribution is 0.783. The fourth-order valence-electron chi connectivity index (χ4n) is 8.75. The summed E-state index contributed by atoms with van der Waals surface area (Å²) in [6.45, 7) is 2.33. The van der Waals surface area contributed by atoms with Gasteiger partial charge >= 0.3 is 0 Å². The van der Waals surface area contributed by atoms with E-state index >= 15 is 0 Å². The maximum absolute atomic E-state index is 5.35. The van der Waals surface area contributed by atoms with Gasteiger partial charge in [-0.05, 0) is 103 Å². The summed E-state index contributed by atoms with van der Waals surface area (Å²) >= 11 is 1.84. The lowest BCUT2D eigenvalue weighted by Crippen LogP contribution is -2.01. The molecule has 1 unspecified atom stereocenters. The summed E-state index contributed by atoms with van der Waals surface area (Å²) in [4.78, 5) is 17.2. The van der Waals surface area contributed by atoms with Crippen LogP contribution in [0, 0.1) is 0 Å². The van der Waals surface area contributed by atoms with Crippen molar-refractivity contribution in [1.82, 2.24) is 15.0 Å². The van der Waals surface area contributed by atoms with Gasteiger partial charge in [-0.3, -0.25) is 0 Å². The summed E-state index contributed by atoms with van der Waals surface area (Å²) in [6.07, 6.45) is 5.64. The van der Waals surface area contributed by atoms with Crippen LogP contribution in [0.3, 0.4) is 0 Å². The molecule has 0 bridgehead atoms. The number of allylic oxidation sites excluding steroid dienone is 1. The molecular weight excluding hydrogens is 747 g/mol. The highest BCUT2D eigenvalue weighted by atomic mass is 32.1. The number of benzene rings is 8. The van der Waals surface area contributed by atoms with Crippen molar-refractivity contribution >= 4 is 38.3 Å². The molecule has 0 spiro atoms. The van der Waals surface area contributed by atoms with Crippen LogP contribution in [-0.2, 0) is 0 Å². The topological polar surface area (TPSA) is 38.7 Å². The largest absolute Gasteiger partial charge is 0.208 e. The Labute approximate surface area is 354 Å². The Kier molecular flexibility index (Phi) is 9.06. The van der Waals surface area contributed by atoms with Gasteiger partial charge in [-0.25, -0.2) is 15.0 Å². The molecule has 0 saturated carbocycles. The van der Waals surface area contributed by atoms with Crippen molar-refractivity contribution < 1.29 is 0 Å². The van der Waals surface area contributed by atoms with Crippen molar-refractivity contribution in [2.24, 2.45) is 0 Å². The standard InChI is InChI=1S/C56H39N3S/c1-36-13-10-24-51-52(36)49-22-12-23-50(53(49)60-51)56-58-54(42-31-29-41(30-32-42)40-27-25-39(26-28-40)37-14-4-2-5-15-37)57-55(59-56)48-34-33-45(46-20-8-9-21-47(46)48)44-19-11-18-43(35-44)38-16-6-3-7-17-38/h2-12,14-36H,13H2,1H3. The van der Waals surface area contributed by atoms with Crippen molar-refractivity contribution in [3.05, 3.63) is 205 Å². The fourth-order valence-corrected chi connectivity index (χ4v) is 10.1. The average Bonchev–Trinajstić information content (AvgIpc) is 3.72. The second-order valence-electron chi connectivity index (χ2n) is 15.6. The van der Waals surface area contributed by atoms with Crippen molar-refractivity contribution in [2.75, 3.05) is 0 Å². The molecule has 0 amide bonds. The van der Waals surface area contributed by atoms with Gasteiger partial charge in [0.25, 0.3) is 0 Å². The molecule has 0 saturated heterocycles. The molecule has 3 nitrogen and oxygen atoms in total. The van der Waals surface area contributed by atoms with Gasteiger partial charge in [0, 0.05) is 26.3 Å². The molecule has 8 aromatic carbocycles. The van der Waals surface area contributed by atoms with Crippen LogP contribution in [-0.4, -0.2) is 15.0 Å². The van der Waals surface area contributed by atoms with E-state index in [4.69, 9.17) is 15.0 Å². The summed E-state index contributed by atoms with van der Waals surface area (Å²) in [5.74, 6) is 2.45. The monoisotopic (exact) mass is 785 g/mol. The second-order valence-corrected chi connectivity index (χ2v) is 16.6. The zero-order valence-electron chi connectivity index (χ0n) is 33.1. The molecule has 4 heteroatoms. The van der Waals surface area contributed by atoms with E-state index in [1.165, 1.54) is 53.9 Å². The van der Waals surface area contributed by atoms with Crippen LogP contribution in [0.2, 0.25) is 0 Å². The molecule has 284 valence electrons. The minimum absolute atomic E-state index is 0.463. The third kappa shape index (κ3) is 6.52. The van der Waals surface area contributed by atoms with E-state index in [-0.39, 0.29) is 0 Å². The molecule has 2 heterocycles. The molecule has 10 aromatic rings. The Balaban J connectivity index is 1.04. The molecular formula is C56H39N3S. The minimum Gasteiger partial charge on any atom is -0.208 e. The Morgan fingerprint density at radius 3 is 1.57 bits per heavy atom. The van der Waals surface area contributed by atoms with Crippen LogP contribution < -0.4 is 0 Å². The van der Waals surface area contributed by atoms with Crippen molar-refractivity contribution in [2.45, 2.75) is 19.3 Å². The fraction of sp³-hybridized carbons (Fsp3) is 0.0536. The first-order valence-corrected chi connectivity index (χ1v) is 21.4. The molecule has 1 aliphatic rings. The normalized spacial score (nSPS) is 13.4. The second kappa shape index (κ2) is 15.2. The Morgan fingerprint density at radius 2 is 0.883 bits per heavy atom. The van der Waals surface area contributed by atoms with Crippen LogP contribution in [0.15, 0.2) is 194 Å². The number of hydrogen-bond acceptors (Lipinski definition) is 4. The molecule has 0 fully saturated rings. The summed E-state index contributed by atoms with van der Waals surface area (Å²) in [5.41, 5.74) is 13.8. The summed E-state index contributed by atoms with van der Waals surface area (Å²) in [5, 5.41) is 3.55. The maximum atomic E-state index is 5.35. The molecule has 60 heavy (non-hydrogen) atoms. The Bertz CT molecular complexity index is 3220. The minimum atomic E-state index is 0.463. The van der Waals surface area contributed by atoms with Crippen LogP contribution in [0.4, 0.5) is 0 Å². The number of rotatable bonds is 7. The van der Waals surface area contributed by atoms with Crippen LogP contribution in [0.1, 0.15) is 29.7 Å². The number of thiophene rings is 1. The number of nitrogens with zero attached hydrogens (tertiary/aromatic N) is 3. The number of fused-ring (bicyclic) bond motifs is 4. The van der Waals surface area contributed by atoms with E-state index in [0.29, 0.717) is 23.4 Å². The first-order chi connectivity index (χ1) is 29.6. The number of hydrogen-bond donors (Lipinski definition) is 0. The highest BCUT2D eigenvalue weighted by Gasteiger charge is 2.23. The lowest BCUT2D eigenvalue weighted by atomic mass is 9.90. The molecule has 0 aliphatic heterocycles. The van der Waals surface area contributed by atoms with Crippen molar-refractivity contribution in [1.29, 1.82) is 0 Å². The average molecular weight is 786 g/mol. The molecule has 1 aliphatic carbocycles. The smallest absolute Gasteiger partial charge is 0.165 e. The van der Waals surface area contributed by atoms with E-state index in [0.717, 1.165) is 45.0 Å². The summed E-state index contributed by atoms with van der Waals surface area (Å²) in [7, 11) is 0. The maximum Gasteiger partial charge on any atom is 0.165 e. The highest BCUT2D eigenvalue weighted by Crippen LogP contribution is 2.45. The predicted octanol–water partition coefficient (Wildman–Crippen LogP) is 15.4. The first kappa shape index (κ1) is 35.9. The van der Waals surface area contributed by atoms with Crippen LogP contribution in [0.25, 0.3) is 106 Å². The van der Waals surface area contributed by atoms with E-state index in [9.17, 15) is 0 Å². The van der Waals surface area contributed by atoms with Gasteiger partial charge in [-0.1, -0.05) is 183 Å². The first-order valence-electron chi connectivity index (χ1n) is 20.6. The molecule has 1 atom stereocenters. The molecule has 2 aromatic heterocycles. The van der Waals surface area contributed by atoms with Crippen LogP contribution in [0.5, 0.6) is 0 Å². The molecule has 0 N–H and O–H groups in total. The van der Waals surface area contributed by atoms with Crippen molar-refractivity contribution in [3.8, 4) is 78.7 Å². The van der Waals surface area contributed by atoms with Gasteiger partial charge < -0.3 is 0 Å². The molecule has 11 rings (SSSR count). The van der Waals surface area contributed by atoms with E-state index < -0.39 is 0 Å². The summed E-state index contributed by atoms with van der Waals surface area (Å²) < 4.78 is 1.22. The van der Waals surface area contributed by atoms with Gasteiger partial charge in [0.2, 0.25) is 0 Å². The quantitative estimate of drug-likeness (QED) is 0.162.